The first-order chi connectivity index (χ1) is 23.4. The Kier molecular flexibility index (Phi) is 9.38. The Balaban J connectivity index is 0.000000167. The summed E-state index contributed by atoms with van der Waals surface area (Å²) >= 11 is 0. The van der Waals surface area contributed by atoms with E-state index in [1.54, 1.807) is 0 Å². The minimum Gasteiger partial charge on any atom is -0.399 e. The number of aryl methyl sites for hydroxylation is 2. The first-order valence-corrected chi connectivity index (χ1v) is 16.4. The van der Waals surface area contributed by atoms with Crippen LogP contribution in [0.1, 0.15) is 13.8 Å². The van der Waals surface area contributed by atoms with E-state index in [-0.39, 0.29) is 17.0 Å². The molecule has 0 radical (unpaired) electrons. The zero-order valence-corrected chi connectivity index (χ0v) is 29.4. The van der Waals surface area contributed by atoms with Gasteiger partial charge in [-0.1, -0.05) is 48.5 Å². The summed E-state index contributed by atoms with van der Waals surface area (Å²) in [6.07, 6.45) is 0. The highest BCUT2D eigenvalue weighted by Gasteiger charge is 2.24. The summed E-state index contributed by atoms with van der Waals surface area (Å²) in [4.78, 5) is 0. The number of rotatable bonds is 4. The zero-order valence-electron chi connectivity index (χ0n) is 27.7. The molecule has 0 amide bonds. The van der Waals surface area contributed by atoms with Crippen LogP contribution in [-0.2, 0) is 13.1 Å². The highest BCUT2D eigenvalue weighted by Crippen LogP contribution is 2.34. The zero-order chi connectivity index (χ0) is 33.4. The van der Waals surface area contributed by atoms with Crippen LogP contribution < -0.4 is 32.1 Å². The van der Waals surface area contributed by atoms with E-state index in [0.717, 1.165) is 46.9 Å². The predicted molar refractivity (Wildman–Crippen MR) is 213 cm³/mol. The summed E-state index contributed by atoms with van der Waals surface area (Å²) < 4.78 is 4.64. The molecule has 0 spiro atoms. The van der Waals surface area contributed by atoms with Crippen LogP contribution in [0.2, 0.25) is 0 Å². The molecule has 8 aromatic rings. The van der Waals surface area contributed by atoms with Crippen molar-refractivity contribution >= 4 is 83.1 Å². The van der Waals surface area contributed by atoms with Gasteiger partial charge in [-0.05, 0) is 86.6 Å². The molecule has 49 heavy (non-hydrogen) atoms. The molecular weight excluding hydrogens is 668 g/mol. The molecule has 2 heterocycles. The van der Waals surface area contributed by atoms with Gasteiger partial charge in [0.05, 0.1) is 21.5 Å². The largest absolute Gasteiger partial charge is 0.399 e. The Morgan fingerprint density at radius 3 is 1.06 bits per heavy atom. The van der Waals surface area contributed by atoms with Crippen LogP contribution >= 0.6 is 17.0 Å². The summed E-state index contributed by atoms with van der Waals surface area (Å²) in [5.41, 5.74) is 34.5. The lowest BCUT2D eigenvalue weighted by Gasteiger charge is -2.12. The number of hydrogen-bond acceptors (Lipinski definition) is 4. The van der Waals surface area contributed by atoms with Crippen LogP contribution in [0.25, 0.3) is 65.9 Å². The molecule has 7 heteroatoms. The fourth-order valence-electron chi connectivity index (χ4n) is 6.99. The molecule has 2 aromatic heterocycles. The highest BCUT2D eigenvalue weighted by atomic mass is 79.9. The van der Waals surface area contributed by atoms with Crippen LogP contribution in [0.3, 0.4) is 0 Å². The molecule has 0 aliphatic heterocycles. The predicted octanol–water partition coefficient (Wildman–Crippen LogP) is 8.84. The molecule has 0 aliphatic rings. The second kappa shape index (κ2) is 13.8. The Labute approximate surface area is 297 Å². The monoisotopic (exact) mass is 708 g/mol. The number of anilines is 4. The number of fused-ring (bicyclic) bond motifs is 6. The number of hydrogen-bond donors (Lipinski definition) is 4. The quantitative estimate of drug-likeness (QED) is 0.0831. The molecular formula is C42H41BrN6+2. The Morgan fingerprint density at radius 2 is 0.714 bits per heavy atom. The van der Waals surface area contributed by atoms with E-state index in [2.05, 4.69) is 120 Å². The first-order valence-electron chi connectivity index (χ1n) is 16.4. The van der Waals surface area contributed by atoms with Crippen molar-refractivity contribution in [3.05, 3.63) is 133 Å². The molecule has 0 fully saturated rings. The van der Waals surface area contributed by atoms with Gasteiger partial charge in [0.1, 0.15) is 13.1 Å². The molecule has 6 aromatic carbocycles. The van der Waals surface area contributed by atoms with Gasteiger partial charge in [-0.3, -0.25) is 0 Å². The minimum absolute atomic E-state index is 0. The molecule has 8 N–H and O–H groups in total. The minimum atomic E-state index is 0. The van der Waals surface area contributed by atoms with E-state index in [4.69, 9.17) is 22.9 Å². The summed E-state index contributed by atoms with van der Waals surface area (Å²) in [7, 11) is 0. The molecule has 0 unspecified atom stereocenters. The summed E-state index contributed by atoms with van der Waals surface area (Å²) in [5.74, 6) is 0. The molecule has 0 atom stereocenters. The van der Waals surface area contributed by atoms with Crippen molar-refractivity contribution < 1.29 is 9.13 Å². The van der Waals surface area contributed by atoms with E-state index in [1.807, 2.05) is 36.4 Å². The first kappa shape index (κ1) is 33.2. The highest BCUT2D eigenvalue weighted by molar-refractivity contribution is 8.93. The second-order valence-corrected chi connectivity index (χ2v) is 12.1. The SMILES string of the molecule is Br.CC[n+]1c(-c2ccccc2)c2cc(N)ccc2c2ccc(N)cc21.CC[n+]1c(-c2ccccc2)c2cc(N)ccc2c2ccc(N)cc21. The number of nitrogen functional groups attached to an aromatic ring is 4. The summed E-state index contributed by atoms with van der Waals surface area (Å²) in [5, 5.41) is 7.12. The van der Waals surface area contributed by atoms with Crippen LogP contribution in [0, 0.1) is 0 Å². The molecule has 8 rings (SSSR count). The maximum absolute atomic E-state index is 6.10. The van der Waals surface area contributed by atoms with Gasteiger partial charge in [-0.2, -0.15) is 9.13 Å². The number of halogens is 1. The van der Waals surface area contributed by atoms with Crippen molar-refractivity contribution in [2.45, 2.75) is 26.9 Å². The van der Waals surface area contributed by atoms with Gasteiger partial charge >= 0.3 is 0 Å². The lowest BCUT2D eigenvalue weighted by atomic mass is 9.98. The lowest BCUT2D eigenvalue weighted by Crippen LogP contribution is -2.36. The molecule has 0 saturated carbocycles. The number of nitrogens with two attached hydrogens (primary N) is 4. The topological polar surface area (TPSA) is 112 Å². The van der Waals surface area contributed by atoms with Gasteiger partial charge in [0.25, 0.3) is 0 Å². The molecule has 0 bridgehead atoms. The average Bonchev–Trinajstić information content (AvgIpc) is 3.11. The van der Waals surface area contributed by atoms with Gasteiger partial charge < -0.3 is 22.9 Å². The van der Waals surface area contributed by atoms with E-state index >= 15 is 0 Å². The fraction of sp³-hybridized carbons (Fsp3) is 0.0952. The number of nitrogens with zero attached hydrogens (tertiary/aromatic N) is 2. The Morgan fingerprint density at radius 1 is 0.388 bits per heavy atom. The van der Waals surface area contributed by atoms with Gasteiger partial charge in [-0.15, -0.1) is 17.0 Å². The van der Waals surface area contributed by atoms with E-state index in [0.29, 0.717) is 0 Å². The molecule has 0 aliphatic carbocycles. The van der Waals surface area contributed by atoms with Crippen LogP contribution in [0.4, 0.5) is 22.7 Å². The standard InChI is InChI=1S/2C21H19N3.BrH/c2*1-2-24-20-13-16(23)9-11-18(20)17-10-8-15(22)12-19(17)21(24)14-6-4-3-5-7-14;/h2*3-13,23H,2,22H2,1H3;1H/p+2. The van der Waals surface area contributed by atoms with Crippen LogP contribution in [0.15, 0.2) is 133 Å². The average molecular weight is 710 g/mol. The van der Waals surface area contributed by atoms with Gasteiger partial charge in [-0.25, -0.2) is 0 Å². The number of benzene rings is 6. The van der Waals surface area contributed by atoms with E-state index < -0.39 is 0 Å². The van der Waals surface area contributed by atoms with Crippen molar-refractivity contribution in [1.29, 1.82) is 0 Å². The number of pyridine rings is 2. The Hall–Kier alpha value is -5.66. The third-order valence-electron chi connectivity index (χ3n) is 9.07. The van der Waals surface area contributed by atoms with Crippen molar-refractivity contribution in [2.75, 3.05) is 22.9 Å². The fourth-order valence-corrected chi connectivity index (χ4v) is 6.99. The molecule has 244 valence electrons. The number of aromatic nitrogens is 2. The summed E-state index contributed by atoms with van der Waals surface area (Å²) in [6.45, 7) is 6.03. The maximum atomic E-state index is 6.10. The normalized spacial score (nSPS) is 11.0. The van der Waals surface area contributed by atoms with Crippen molar-refractivity contribution in [2.24, 2.45) is 0 Å². The van der Waals surface area contributed by atoms with E-state index in [1.165, 1.54) is 54.8 Å². The summed E-state index contributed by atoms with van der Waals surface area (Å²) in [6, 6.07) is 45.4. The van der Waals surface area contributed by atoms with Crippen LogP contribution in [-0.4, -0.2) is 0 Å². The van der Waals surface area contributed by atoms with Crippen LogP contribution in [0.5, 0.6) is 0 Å². The smallest absolute Gasteiger partial charge is 0.220 e. The molecule has 0 saturated heterocycles. The van der Waals surface area contributed by atoms with Crippen molar-refractivity contribution in [1.82, 2.24) is 0 Å². The molecule has 6 nitrogen and oxygen atoms in total. The van der Waals surface area contributed by atoms with Gasteiger partial charge in [0, 0.05) is 56.8 Å². The maximum Gasteiger partial charge on any atom is 0.220 e. The van der Waals surface area contributed by atoms with Gasteiger partial charge in [0.15, 0.2) is 0 Å². The van der Waals surface area contributed by atoms with Crippen molar-refractivity contribution in [3.8, 4) is 22.5 Å². The Bertz CT molecular complexity index is 2290. The van der Waals surface area contributed by atoms with Gasteiger partial charge in [0.2, 0.25) is 22.4 Å². The third-order valence-corrected chi connectivity index (χ3v) is 9.07. The van der Waals surface area contributed by atoms with Crippen molar-refractivity contribution in [3.63, 3.8) is 0 Å². The third kappa shape index (κ3) is 6.09. The second-order valence-electron chi connectivity index (χ2n) is 12.1. The lowest BCUT2D eigenvalue weighted by molar-refractivity contribution is -0.655. The van der Waals surface area contributed by atoms with E-state index in [9.17, 15) is 0 Å².